The maximum atomic E-state index is 2.73. The van der Waals surface area contributed by atoms with Crippen LogP contribution in [0.25, 0.3) is 65.6 Å². The Hall–Kier alpha value is -6.62. The van der Waals surface area contributed by atoms with E-state index in [4.69, 9.17) is 0 Å². The van der Waals surface area contributed by atoms with Crippen molar-refractivity contribution in [1.82, 2.24) is 4.48 Å². The molecule has 1 aromatic heterocycles. The number of nitrogens with zero attached hydrogens (tertiary/aromatic N) is 2. The van der Waals surface area contributed by atoms with Gasteiger partial charge in [-0.05, 0) is 88.8 Å². The first-order chi connectivity index (χ1) is 26.8. The monoisotopic (exact) mass is 696 g/mol. The van der Waals surface area contributed by atoms with Gasteiger partial charge in [0.1, 0.15) is 0 Å². The standard InChI is InChI=1S/C50H29BN2Si/c1-2-14-31-29-42-38(27-30(31)13-1)36-19-11-20-37-39-28-32-15-3-4-16-33(32)49-47(39)51(53(42)48(36)37)40-21-12-26-46-50(40)52(49)41-22-7-10-25-45(41)54(46)43-23-8-5-17-34(43)35-18-6-9-24-44(35)54/h1-29H. The number of aromatic nitrogens is 1. The Kier molecular flexibility index (Phi) is 4.91. The molecular weight excluding hydrogens is 667 g/mol. The zero-order valence-electron chi connectivity index (χ0n) is 29.2. The molecule has 9 aromatic carbocycles. The summed E-state index contributed by atoms with van der Waals surface area (Å²) in [5.41, 5.74) is 14.9. The number of anilines is 3. The predicted molar refractivity (Wildman–Crippen MR) is 231 cm³/mol. The molecule has 4 heteroatoms. The van der Waals surface area contributed by atoms with Crippen molar-refractivity contribution < 1.29 is 0 Å². The Morgan fingerprint density at radius 1 is 0.407 bits per heavy atom. The molecule has 0 unspecified atom stereocenters. The van der Waals surface area contributed by atoms with Crippen LogP contribution in [0.1, 0.15) is 0 Å². The first-order valence-corrected chi connectivity index (χ1v) is 21.1. The van der Waals surface area contributed by atoms with Crippen LogP contribution in [0.4, 0.5) is 17.1 Å². The van der Waals surface area contributed by atoms with Crippen LogP contribution in [0.2, 0.25) is 0 Å². The second-order valence-corrected chi connectivity index (χ2v) is 19.2. The molecule has 0 amide bonds. The van der Waals surface area contributed by atoms with Crippen molar-refractivity contribution >= 4 is 107 Å². The molecule has 10 aromatic rings. The molecule has 0 N–H and O–H groups in total. The van der Waals surface area contributed by atoms with Crippen molar-refractivity contribution in [2.75, 3.05) is 4.90 Å². The highest BCUT2D eigenvalue weighted by molar-refractivity contribution is 7.24. The van der Waals surface area contributed by atoms with Crippen LogP contribution in [0.15, 0.2) is 176 Å². The Morgan fingerprint density at radius 2 is 1.02 bits per heavy atom. The number of benzene rings is 9. The highest BCUT2D eigenvalue weighted by Crippen LogP contribution is 2.49. The minimum Gasteiger partial charge on any atom is -0.375 e. The van der Waals surface area contributed by atoms with Gasteiger partial charge in [0.05, 0.1) is 5.69 Å². The third-order valence-corrected chi connectivity index (χ3v) is 18.2. The van der Waals surface area contributed by atoms with E-state index in [-0.39, 0.29) is 6.85 Å². The first-order valence-electron chi connectivity index (χ1n) is 19.1. The fraction of sp³-hybridized carbons (Fsp3) is 0. The van der Waals surface area contributed by atoms with Gasteiger partial charge in [0, 0.05) is 44.1 Å². The molecule has 14 rings (SSSR count). The summed E-state index contributed by atoms with van der Waals surface area (Å²) in [7, 11) is -2.74. The molecule has 0 atom stereocenters. The lowest BCUT2D eigenvalue weighted by Gasteiger charge is -2.49. The molecule has 4 aliphatic rings. The molecule has 0 radical (unpaired) electrons. The predicted octanol–water partition coefficient (Wildman–Crippen LogP) is 8.19. The van der Waals surface area contributed by atoms with Gasteiger partial charge in [-0.15, -0.1) is 0 Å². The molecule has 5 heterocycles. The van der Waals surface area contributed by atoms with Crippen molar-refractivity contribution in [2.24, 2.45) is 0 Å². The highest BCUT2D eigenvalue weighted by Gasteiger charge is 2.56. The second-order valence-electron chi connectivity index (χ2n) is 15.5. The average Bonchev–Trinajstić information content (AvgIpc) is 3.71. The van der Waals surface area contributed by atoms with Crippen LogP contribution >= 0.6 is 0 Å². The summed E-state index contributed by atoms with van der Waals surface area (Å²) in [6.45, 7) is 0.00470. The third kappa shape index (κ3) is 3.01. The van der Waals surface area contributed by atoms with E-state index < -0.39 is 8.07 Å². The number of fused-ring (bicyclic) bond motifs is 19. The van der Waals surface area contributed by atoms with Gasteiger partial charge < -0.3 is 9.38 Å². The molecule has 2 nitrogen and oxygen atoms in total. The molecule has 0 bridgehead atoms. The number of rotatable bonds is 0. The van der Waals surface area contributed by atoms with Gasteiger partial charge >= 0.3 is 6.85 Å². The zero-order chi connectivity index (χ0) is 34.9. The van der Waals surface area contributed by atoms with Gasteiger partial charge in [-0.3, -0.25) is 0 Å². The molecule has 54 heavy (non-hydrogen) atoms. The molecule has 0 saturated heterocycles. The minimum absolute atomic E-state index is 0.00470. The highest BCUT2D eigenvalue weighted by atomic mass is 28.3. The zero-order valence-corrected chi connectivity index (χ0v) is 30.2. The number of hydrogen-bond donors (Lipinski definition) is 0. The van der Waals surface area contributed by atoms with Gasteiger partial charge in [0.15, 0.2) is 8.07 Å². The van der Waals surface area contributed by atoms with Crippen LogP contribution in [-0.2, 0) is 0 Å². The van der Waals surface area contributed by atoms with Crippen LogP contribution in [0, 0.1) is 0 Å². The lowest BCUT2D eigenvalue weighted by molar-refractivity contribution is 1.27. The maximum Gasteiger partial charge on any atom is 0.333 e. The second kappa shape index (κ2) is 9.48. The normalized spacial score (nSPS) is 14.7. The van der Waals surface area contributed by atoms with E-state index in [1.165, 1.54) is 114 Å². The quantitative estimate of drug-likeness (QED) is 0.145. The summed E-state index contributed by atoms with van der Waals surface area (Å²) in [4.78, 5) is 2.70. The molecule has 1 spiro atoms. The first kappa shape index (κ1) is 28.0. The molecule has 246 valence electrons. The minimum atomic E-state index is -2.74. The Morgan fingerprint density at radius 3 is 1.83 bits per heavy atom. The van der Waals surface area contributed by atoms with Gasteiger partial charge in [0.25, 0.3) is 0 Å². The summed E-state index contributed by atoms with van der Waals surface area (Å²) < 4.78 is 2.73. The fourth-order valence-corrected chi connectivity index (χ4v) is 17.0. The summed E-state index contributed by atoms with van der Waals surface area (Å²) >= 11 is 0. The van der Waals surface area contributed by atoms with E-state index >= 15 is 0 Å². The summed E-state index contributed by atoms with van der Waals surface area (Å²) in [5.74, 6) is 0. The molecule has 0 saturated carbocycles. The largest absolute Gasteiger partial charge is 0.375 e. The van der Waals surface area contributed by atoms with E-state index in [9.17, 15) is 0 Å². The Labute approximate surface area is 313 Å². The van der Waals surface area contributed by atoms with E-state index in [1.807, 2.05) is 0 Å². The number of hydrogen-bond acceptors (Lipinski definition) is 1. The van der Waals surface area contributed by atoms with Crippen molar-refractivity contribution in [2.45, 2.75) is 0 Å². The van der Waals surface area contributed by atoms with Crippen molar-refractivity contribution in [3.8, 4) is 22.3 Å². The lowest BCUT2D eigenvalue weighted by atomic mass is 9.45. The van der Waals surface area contributed by atoms with E-state index in [1.54, 1.807) is 0 Å². The van der Waals surface area contributed by atoms with Crippen molar-refractivity contribution in [3.63, 3.8) is 0 Å². The van der Waals surface area contributed by atoms with Crippen molar-refractivity contribution in [1.29, 1.82) is 0 Å². The van der Waals surface area contributed by atoms with Crippen LogP contribution in [0.5, 0.6) is 0 Å². The summed E-state index contributed by atoms with van der Waals surface area (Å²) in [6, 6.07) is 67.6. The van der Waals surface area contributed by atoms with E-state index in [0.717, 1.165) is 0 Å². The Bertz CT molecular complexity index is 3330. The SMILES string of the molecule is c1ccc2c(c1)-c1ccccc1[Si]21c2ccccc2N2c3c(cccc31)B1c3c(cc4ccccc4c32)-c2cccc3c4cc5ccccc5cc4n1c23. The molecule has 0 fully saturated rings. The maximum absolute atomic E-state index is 2.74. The topological polar surface area (TPSA) is 8.17 Å². The van der Waals surface area contributed by atoms with Crippen LogP contribution in [0.3, 0.4) is 0 Å². The van der Waals surface area contributed by atoms with E-state index in [0.29, 0.717) is 0 Å². The van der Waals surface area contributed by atoms with Crippen LogP contribution < -0.4 is 36.6 Å². The average molecular weight is 697 g/mol. The molecule has 4 aliphatic heterocycles. The molecular formula is C50H29BN2Si. The summed E-state index contributed by atoms with van der Waals surface area (Å²) in [5, 5.41) is 13.8. The van der Waals surface area contributed by atoms with E-state index in [2.05, 4.69) is 185 Å². The Balaban J connectivity index is 1.22. The number of para-hydroxylation sites is 3. The smallest absolute Gasteiger partial charge is 0.333 e. The third-order valence-electron chi connectivity index (χ3n) is 13.3. The van der Waals surface area contributed by atoms with Crippen LogP contribution in [-0.4, -0.2) is 19.4 Å². The van der Waals surface area contributed by atoms with Gasteiger partial charge in [-0.1, -0.05) is 152 Å². The lowest BCUT2D eigenvalue weighted by Crippen LogP contribution is -2.77. The van der Waals surface area contributed by atoms with Gasteiger partial charge in [-0.25, -0.2) is 0 Å². The molecule has 0 aliphatic carbocycles. The fourth-order valence-electron chi connectivity index (χ4n) is 11.4. The summed E-state index contributed by atoms with van der Waals surface area (Å²) in [6.07, 6.45) is 0. The van der Waals surface area contributed by atoms with Gasteiger partial charge in [-0.2, -0.15) is 0 Å². The van der Waals surface area contributed by atoms with Crippen molar-refractivity contribution in [3.05, 3.63) is 176 Å². The van der Waals surface area contributed by atoms with Gasteiger partial charge in [0.2, 0.25) is 0 Å².